The number of anilines is 1. The van der Waals surface area contributed by atoms with Crippen molar-refractivity contribution in [1.29, 1.82) is 0 Å². The highest BCUT2D eigenvalue weighted by Crippen LogP contribution is 2.41. The second-order valence-corrected chi connectivity index (χ2v) is 7.85. The molecule has 0 saturated heterocycles. The zero-order valence-electron chi connectivity index (χ0n) is 17.8. The summed E-state index contributed by atoms with van der Waals surface area (Å²) in [4.78, 5) is 28.8. The van der Waals surface area contributed by atoms with Gasteiger partial charge in [-0.25, -0.2) is 0 Å². The van der Waals surface area contributed by atoms with E-state index in [0.29, 0.717) is 49.6 Å². The Hall–Kier alpha value is -3.92. The standard InChI is InChI=1S/C22H26N6O4/c1-28(9-7-16(25)26)10-11-2-4-13(29)19-17(11)21(31)20-14(30)5-3-12(18(20)22(19)32)27-8-6-15(23)24/h2-5,27,29-30H,6-10H2,1H3,(H3,23,24)(H3,25,26)/p+2. The van der Waals surface area contributed by atoms with Gasteiger partial charge in [-0.2, -0.15) is 0 Å². The summed E-state index contributed by atoms with van der Waals surface area (Å²) in [5.74, 6) is -1.19. The van der Waals surface area contributed by atoms with Crippen LogP contribution < -0.4 is 27.6 Å². The van der Waals surface area contributed by atoms with E-state index in [0.717, 1.165) is 0 Å². The van der Waals surface area contributed by atoms with Gasteiger partial charge >= 0.3 is 0 Å². The van der Waals surface area contributed by atoms with Crippen LogP contribution in [-0.4, -0.2) is 58.5 Å². The molecule has 0 spiro atoms. The lowest BCUT2D eigenvalue weighted by Crippen LogP contribution is -2.46. The first-order valence-corrected chi connectivity index (χ1v) is 10.1. The van der Waals surface area contributed by atoms with Crippen LogP contribution in [0.3, 0.4) is 0 Å². The number of nitrogens with zero attached hydrogens (tertiary/aromatic N) is 1. The molecule has 0 aromatic heterocycles. The molecule has 3 rings (SSSR count). The number of amidine groups is 2. The highest BCUT2D eigenvalue weighted by molar-refractivity contribution is 6.32. The predicted molar refractivity (Wildman–Crippen MR) is 119 cm³/mol. The Labute approximate surface area is 184 Å². The van der Waals surface area contributed by atoms with E-state index in [-0.39, 0.29) is 39.6 Å². The van der Waals surface area contributed by atoms with E-state index in [2.05, 4.69) is 5.32 Å². The van der Waals surface area contributed by atoms with Crippen LogP contribution in [0.25, 0.3) is 0 Å². The van der Waals surface area contributed by atoms with Crippen LogP contribution in [0.2, 0.25) is 0 Å². The smallest absolute Gasteiger partial charge is 0.240 e. The van der Waals surface area contributed by atoms with Crippen molar-refractivity contribution in [1.82, 2.24) is 4.90 Å². The van der Waals surface area contributed by atoms with Gasteiger partial charge in [-0.3, -0.25) is 31.9 Å². The number of phenols is 2. The Balaban J connectivity index is 2.05. The number of phenolic OH excluding ortho intramolecular Hbond substituents is 2. The Morgan fingerprint density at radius 2 is 1.47 bits per heavy atom. The molecule has 10 heteroatoms. The minimum absolute atomic E-state index is 0.00408. The monoisotopic (exact) mass is 440 g/mol. The normalized spacial score (nSPS) is 12.4. The molecule has 2 aromatic carbocycles. The van der Waals surface area contributed by atoms with Gasteiger partial charge in [0.25, 0.3) is 0 Å². The van der Waals surface area contributed by atoms with Crippen LogP contribution in [0, 0.1) is 0 Å². The maximum absolute atomic E-state index is 13.5. The van der Waals surface area contributed by atoms with Crippen LogP contribution in [0.15, 0.2) is 24.3 Å². The van der Waals surface area contributed by atoms with Crippen molar-refractivity contribution in [3.8, 4) is 11.5 Å². The third kappa shape index (κ3) is 4.40. The molecular weight excluding hydrogens is 412 g/mol. The van der Waals surface area contributed by atoms with E-state index in [1.54, 1.807) is 6.07 Å². The minimum Gasteiger partial charge on any atom is -0.507 e. The minimum atomic E-state index is -0.556. The van der Waals surface area contributed by atoms with Gasteiger partial charge in [0.05, 0.1) is 29.5 Å². The average molecular weight is 441 g/mol. The number of hydrogen-bond donors (Lipinski definition) is 7. The second-order valence-electron chi connectivity index (χ2n) is 7.85. The van der Waals surface area contributed by atoms with Gasteiger partial charge in [-0.05, 0) is 30.8 Å². The predicted octanol–water partition coefficient (Wildman–Crippen LogP) is -2.27. The molecule has 0 radical (unpaired) electrons. The average Bonchev–Trinajstić information content (AvgIpc) is 2.72. The zero-order valence-corrected chi connectivity index (χ0v) is 17.8. The zero-order chi connectivity index (χ0) is 23.6. The molecule has 1 aliphatic carbocycles. The van der Waals surface area contributed by atoms with Crippen molar-refractivity contribution in [2.24, 2.45) is 11.5 Å². The molecule has 0 unspecified atom stereocenters. The number of aromatic hydroxyl groups is 2. The molecule has 2 aromatic rings. The number of carbonyl (C=O) groups excluding carboxylic acids is 2. The van der Waals surface area contributed by atoms with Gasteiger partial charge in [0.15, 0.2) is 11.6 Å². The molecule has 10 nitrogen and oxygen atoms in total. The quantitative estimate of drug-likeness (QED) is 0.110. The van der Waals surface area contributed by atoms with Gasteiger partial charge in [0.2, 0.25) is 11.7 Å². The van der Waals surface area contributed by atoms with Crippen molar-refractivity contribution in [2.45, 2.75) is 19.4 Å². The van der Waals surface area contributed by atoms with E-state index in [1.807, 2.05) is 11.9 Å². The summed E-state index contributed by atoms with van der Waals surface area (Å²) in [5.41, 5.74) is 11.8. The van der Waals surface area contributed by atoms with Crippen molar-refractivity contribution in [2.75, 3.05) is 25.5 Å². The van der Waals surface area contributed by atoms with Gasteiger partial charge in [0.1, 0.15) is 11.5 Å². The Kier molecular flexibility index (Phi) is 6.45. The highest BCUT2D eigenvalue weighted by atomic mass is 16.3. The fourth-order valence-corrected chi connectivity index (χ4v) is 3.74. The Bertz CT molecular complexity index is 1130. The number of rotatable bonds is 9. The topological polar surface area (TPSA) is 193 Å². The van der Waals surface area contributed by atoms with Gasteiger partial charge in [0, 0.05) is 30.9 Å². The molecule has 0 amide bonds. The highest BCUT2D eigenvalue weighted by Gasteiger charge is 2.37. The fraction of sp³-hybridized carbons (Fsp3) is 0.273. The van der Waals surface area contributed by atoms with Crippen LogP contribution in [0.5, 0.6) is 11.5 Å². The first-order valence-electron chi connectivity index (χ1n) is 10.1. The van der Waals surface area contributed by atoms with E-state index in [1.165, 1.54) is 18.2 Å². The van der Waals surface area contributed by atoms with Crippen molar-refractivity contribution < 1.29 is 30.6 Å². The second kappa shape index (κ2) is 9.06. The number of fused-ring (bicyclic) bond motifs is 2. The van der Waals surface area contributed by atoms with Crippen LogP contribution >= 0.6 is 0 Å². The molecule has 1 aliphatic rings. The molecule has 0 fully saturated rings. The lowest BCUT2D eigenvalue weighted by molar-refractivity contribution is -0.118. The largest absolute Gasteiger partial charge is 0.507 e. The molecule has 32 heavy (non-hydrogen) atoms. The van der Waals surface area contributed by atoms with Crippen molar-refractivity contribution in [3.05, 3.63) is 52.1 Å². The summed E-state index contributed by atoms with van der Waals surface area (Å²) in [7, 11) is 1.82. The summed E-state index contributed by atoms with van der Waals surface area (Å²) in [6.07, 6.45) is 0.813. The lowest BCUT2D eigenvalue weighted by Gasteiger charge is -2.25. The Morgan fingerprint density at radius 1 is 0.906 bits per heavy atom. The first-order chi connectivity index (χ1) is 15.1. The molecular formula is C22H28N6O4+2. The number of nitrogens with one attached hydrogen (secondary N) is 1. The number of ketones is 2. The molecule has 0 atom stereocenters. The summed E-state index contributed by atoms with van der Waals surface area (Å²) in [6, 6.07) is 5.83. The molecule has 0 heterocycles. The number of benzene rings is 2. The van der Waals surface area contributed by atoms with E-state index in [4.69, 9.17) is 22.3 Å². The SMILES string of the molecule is CN(CCC(N)=[NH2+])Cc1ccc(O)c2c1C(=O)c1c(O)ccc(NCCC(N)=[NH2+])c1C2=O. The molecule has 0 aliphatic heterocycles. The van der Waals surface area contributed by atoms with Gasteiger partial charge < -0.3 is 20.4 Å². The molecule has 0 bridgehead atoms. The number of nitrogens with two attached hydrogens (primary N) is 4. The maximum atomic E-state index is 13.5. The number of hydrogen-bond acceptors (Lipinski definition) is 6. The summed E-state index contributed by atoms with van der Waals surface area (Å²) in [5, 5.41) is 35.0. The summed E-state index contributed by atoms with van der Waals surface area (Å²) < 4.78 is 0. The van der Waals surface area contributed by atoms with Crippen molar-refractivity contribution in [3.63, 3.8) is 0 Å². The van der Waals surface area contributed by atoms with E-state index in [9.17, 15) is 19.8 Å². The lowest BCUT2D eigenvalue weighted by atomic mass is 9.80. The van der Waals surface area contributed by atoms with E-state index < -0.39 is 11.6 Å². The first kappa shape index (κ1) is 22.8. The molecule has 11 N–H and O–H groups in total. The third-order valence-corrected chi connectivity index (χ3v) is 5.31. The molecule has 168 valence electrons. The van der Waals surface area contributed by atoms with Crippen LogP contribution in [-0.2, 0) is 6.54 Å². The molecule has 0 saturated carbocycles. The van der Waals surface area contributed by atoms with Crippen LogP contribution in [0.4, 0.5) is 5.69 Å². The summed E-state index contributed by atoms with van der Waals surface area (Å²) in [6.45, 7) is 1.18. The van der Waals surface area contributed by atoms with Gasteiger partial charge in [-0.15, -0.1) is 0 Å². The van der Waals surface area contributed by atoms with Crippen molar-refractivity contribution >= 4 is 28.9 Å². The third-order valence-electron chi connectivity index (χ3n) is 5.31. The fourth-order valence-electron chi connectivity index (χ4n) is 3.74. The summed E-state index contributed by atoms with van der Waals surface area (Å²) >= 11 is 0. The maximum Gasteiger partial charge on any atom is 0.240 e. The number of carbonyl (C=O) groups is 2. The van der Waals surface area contributed by atoms with E-state index >= 15 is 0 Å². The van der Waals surface area contributed by atoms with Gasteiger partial charge in [-0.1, -0.05) is 6.07 Å². The Morgan fingerprint density at radius 3 is 2.09 bits per heavy atom. The van der Waals surface area contributed by atoms with Crippen LogP contribution in [0.1, 0.15) is 50.2 Å².